The maximum Gasteiger partial charge on any atom is 0.496 e. The summed E-state index contributed by atoms with van der Waals surface area (Å²) in [4.78, 5) is 26.3. The first-order chi connectivity index (χ1) is 20.6. The molecule has 0 bridgehead atoms. The summed E-state index contributed by atoms with van der Waals surface area (Å²) in [5, 5.41) is 19.5. The molecule has 0 spiro atoms. The Balaban J connectivity index is 1.18. The van der Waals surface area contributed by atoms with Crippen LogP contribution >= 0.6 is 27.5 Å². The van der Waals surface area contributed by atoms with Gasteiger partial charge in [-0.1, -0.05) is 25.4 Å². The number of amides is 2. The molecular formula is C29H37BBrClFN7O4. The molecule has 4 aliphatic heterocycles. The summed E-state index contributed by atoms with van der Waals surface area (Å²) in [6.45, 7) is 13.3. The van der Waals surface area contributed by atoms with Crippen LogP contribution in [0.25, 0.3) is 11.4 Å². The van der Waals surface area contributed by atoms with Crippen molar-refractivity contribution in [1.82, 2.24) is 19.9 Å². The van der Waals surface area contributed by atoms with E-state index in [2.05, 4.69) is 51.4 Å². The maximum absolute atomic E-state index is 14.7. The van der Waals surface area contributed by atoms with E-state index in [1.165, 1.54) is 6.07 Å². The zero-order chi connectivity index (χ0) is 32.0. The Morgan fingerprint density at radius 3 is 2.70 bits per heavy atom. The molecule has 5 rings (SSSR count). The van der Waals surface area contributed by atoms with Crippen LogP contribution in [0.3, 0.4) is 0 Å². The van der Waals surface area contributed by atoms with Crippen LogP contribution in [0.5, 0.6) is 0 Å². The smallest absolute Gasteiger partial charge is 0.399 e. The fourth-order valence-electron chi connectivity index (χ4n) is 4.95. The Bertz CT molecular complexity index is 1600. The summed E-state index contributed by atoms with van der Waals surface area (Å²) in [5.74, 6) is 1.07. The van der Waals surface area contributed by atoms with Gasteiger partial charge in [-0.25, -0.2) is 19.2 Å². The van der Waals surface area contributed by atoms with Crippen molar-refractivity contribution in [3.63, 3.8) is 0 Å². The molecule has 236 valence electrons. The lowest BCUT2D eigenvalue weighted by Gasteiger charge is -2.32. The van der Waals surface area contributed by atoms with Crippen LogP contribution < -0.4 is 27.0 Å². The van der Waals surface area contributed by atoms with Gasteiger partial charge in [0.15, 0.2) is 0 Å². The quantitative estimate of drug-likeness (QED) is 0.261. The van der Waals surface area contributed by atoms with Gasteiger partial charge < -0.3 is 34.9 Å². The van der Waals surface area contributed by atoms with E-state index in [4.69, 9.17) is 20.9 Å². The molecule has 2 amide bonds. The molecule has 0 aromatic heterocycles. The Labute approximate surface area is 269 Å². The van der Waals surface area contributed by atoms with Crippen molar-refractivity contribution >= 4 is 57.6 Å². The molecule has 4 aliphatic rings. The van der Waals surface area contributed by atoms with Gasteiger partial charge in [-0.15, -0.1) is 0 Å². The molecule has 1 atom stereocenters. The minimum Gasteiger partial charge on any atom is -0.399 e. The Morgan fingerprint density at radius 1 is 1.30 bits per heavy atom. The predicted octanol–water partition coefficient (Wildman–Crippen LogP) is 4.16. The number of aliphatic hydroxyl groups excluding tert-OH is 1. The number of anilines is 2. The van der Waals surface area contributed by atoms with Gasteiger partial charge in [0.1, 0.15) is 17.5 Å². The van der Waals surface area contributed by atoms with E-state index in [0.717, 1.165) is 40.8 Å². The van der Waals surface area contributed by atoms with Crippen LogP contribution in [0.15, 0.2) is 33.9 Å². The number of aliphatic hydroxyl groups is 1. The largest absolute Gasteiger partial charge is 0.496 e. The second kappa shape index (κ2) is 12.2. The van der Waals surface area contributed by atoms with Gasteiger partial charge >= 0.3 is 13.1 Å². The molecule has 0 radical (unpaired) electrons. The lowest BCUT2D eigenvalue weighted by atomic mass is 9.78. The van der Waals surface area contributed by atoms with Crippen LogP contribution in [0.2, 0.25) is 5.02 Å². The van der Waals surface area contributed by atoms with Crippen molar-refractivity contribution in [2.75, 3.05) is 30.3 Å². The van der Waals surface area contributed by atoms with Crippen molar-refractivity contribution in [2.24, 2.45) is 10.4 Å². The lowest BCUT2D eigenvalue weighted by Crippen LogP contribution is -2.42. The molecule has 0 aliphatic carbocycles. The lowest BCUT2D eigenvalue weighted by molar-refractivity contribution is 0.00578. The number of carbonyl (C=O) groups excluding carboxylic acids is 1. The van der Waals surface area contributed by atoms with E-state index in [1.807, 2.05) is 47.6 Å². The van der Waals surface area contributed by atoms with Gasteiger partial charge in [-0.3, -0.25) is 0 Å². The van der Waals surface area contributed by atoms with Gasteiger partial charge in [0.05, 0.1) is 27.5 Å². The van der Waals surface area contributed by atoms with Crippen molar-refractivity contribution in [2.45, 2.75) is 71.8 Å². The number of fused-ring (bicyclic) bond motifs is 3. The molecule has 11 nitrogen and oxygen atoms in total. The molecule has 1 aromatic rings. The van der Waals surface area contributed by atoms with Crippen molar-refractivity contribution in [3.05, 3.63) is 45.3 Å². The molecule has 1 saturated heterocycles. The highest BCUT2D eigenvalue weighted by Crippen LogP contribution is 2.37. The highest BCUT2D eigenvalue weighted by molar-refractivity contribution is 9.10. The average Bonchev–Trinajstić information content (AvgIpc) is 3.51. The highest BCUT2D eigenvalue weighted by Gasteiger charge is 2.52. The normalized spacial score (nSPS) is 18.3. The Hall–Kier alpha value is -2.78. The summed E-state index contributed by atoms with van der Waals surface area (Å²) in [5.41, 5.74) is -0.254. The minimum absolute atomic E-state index is 0.0603. The third kappa shape index (κ3) is 6.59. The number of benzene rings is 1. The molecule has 0 saturated carbocycles. The average molecular weight is 693 g/mol. The number of carbonyl (C=O) groups is 1. The van der Waals surface area contributed by atoms with E-state index in [9.17, 15) is 14.3 Å². The van der Waals surface area contributed by atoms with Gasteiger partial charge in [-0.05, 0) is 73.7 Å². The topological polar surface area (TPSA) is 135 Å². The second-order valence-corrected chi connectivity index (χ2v) is 14.0. The molecule has 4 heterocycles. The van der Waals surface area contributed by atoms with Crippen LogP contribution in [0.4, 0.5) is 20.7 Å². The van der Waals surface area contributed by atoms with E-state index in [0.29, 0.717) is 24.0 Å². The highest BCUT2D eigenvalue weighted by atomic mass is 79.9. The number of nitrogens with one attached hydrogen (secondary N) is 3. The second-order valence-electron chi connectivity index (χ2n) is 12.8. The molecule has 1 unspecified atom stereocenters. The molecule has 1 aromatic carbocycles. The number of rotatable bonds is 8. The fourth-order valence-corrected chi connectivity index (χ4v) is 5.79. The van der Waals surface area contributed by atoms with Crippen LogP contribution in [-0.2, 0) is 15.9 Å². The predicted molar refractivity (Wildman–Crippen MR) is 172 cm³/mol. The number of pyridine rings is 1. The molecule has 15 heteroatoms. The van der Waals surface area contributed by atoms with Gasteiger partial charge in [-0.2, -0.15) is 4.98 Å². The first kappa shape index (κ1) is 32.6. The summed E-state index contributed by atoms with van der Waals surface area (Å²) in [6, 6.07) is 3.81. The first-order valence-corrected chi connectivity index (χ1v) is 15.6. The number of hydrogen-bond donors (Lipinski definition) is 4. The number of urea groups is 1. The zero-order valence-electron chi connectivity index (χ0n) is 25.6. The molecular weight excluding hydrogens is 656 g/mol. The Kier molecular flexibility index (Phi) is 9.04. The van der Waals surface area contributed by atoms with Crippen LogP contribution in [-0.4, -0.2) is 69.7 Å². The van der Waals surface area contributed by atoms with Gasteiger partial charge in [0, 0.05) is 48.4 Å². The van der Waals surface area contributed by atoms with Gasteiger partial charge in [0.2, 0.25) is 5.62 Å². The number of aromatic nitrogens is 3. The standard InChI is InChI=1S/C29H37BBrClFN7O4/c1-27(2,7-8-35-25-36-14-16-11-18(31)24-34-9-10-40(24)23(16)39-25)22(41)15-37-26(42)38-21-12-17(19(32)13-20(21)33)30-43-28(3,4)29(5,6)44-30/h11-14,22,34,41H,7-10,15H2,1-6H3,(H2,37,38,42). The molecule has 44 heavy (non-hydrogen) atoms. The fraction of sp³-hybridized carbons (Fsp3) is 0.517. The number of halogens is 3. The third-order valence-electron chi connectivity index (χ3n) is 8.65. The molecule has 4 N–H and O–H groups in total. The Morgan fingerprint density at radius 2 is 2.00 bits per heavy atom. The van der Waals surface area contributed by atoms with Crippen molar-refractivity contribution < 1.29 is 23.6 Å². The minimum atomic E-state index is -0.904. The van der Waals surface area contributed by atoms with Crippen molar-refractivity contribution in [1.29, 1.82) is 0 Å². The van der Waals surface area contributed by atoms with Gasteiger partial charge in [0.25, 0.3) is 0 Å². The summed E-state index contributed by atoms with van der Waals surface area (Å²) < 4.78 is 29.9. The summed E-state index contributed by atoms with van der Waals surface area (Å²) >= 11 is 9.89. The summed E-state index contributed by atoms with van der Waals surface area (Å²) in [7, 11) is -0.830. The van der Waals surface area contributed by atoms with Crippen LogP contribution in [0.1, 0.15) is 48.0 Å². The SMILES string of the molecule is CC(C)(CCN=c1ncc2cc(Br)c3n(c-2n1)CCN3)C(O)CNC(=O)Nc1cc(B2OC(C)(C)C(C)(C)O2)c(Cl)cc1F. The van der Waals surface area contributed by atoms with Crippen LogP contribution in [0, 0.1) is 11.2 Å². The van der Waals surface area contributed by atoms with E-state index in [1.54, 1.807) is 6.20 Å². The number of nitrogens with zero attached hydrogens (tertiary/aromatic N) is 4. The zero-order valence-corrected chi connectivity index (χ0v) is 27.9. The van der Waals surface area contributed by atoms with E-state index < -0.39 is 41.7 Å². The summed E-state index contributed by atoms with van der Waals surface area (Å²) in [6.07, 6.45) is 1.36. The van der Waals surface area contributed by atoms with Crippen molar-refractivity contribution in [3.8, 4) is 11.4 Å². The first-order valence-electron chi connectivity index (χ1n) is 14.5. The number of hydrogen-bond acceptors (Lipinski definition) is 8. The van der Waals surface area contributed by atoms with E-state index >= 15 is 0 Å². The monoisotopic (exact) mass is 691 g/mol. The third-order valence-corrected chi connectivity index (χ3v) is 9.59. The van der Waals surface area contributed by atoms with E-state index in [-0.39, 0.29) is 17.3 Å². The maximum atomic E-state index is 14.7. The molecule has 1 fully saturated rings.